The number of aliphatic hydroxyl groups excluding tert-OH is 1. The molecule has 1 fully saturated rings. The molecule has 1 heterocycles. The summed E-state index contributed by atoms with van der Waals surface area (Å²) in [6.07, 6.45) is 4.79. The highest BCUT2D eigenvalue weighted by Gasteiger charge is 2.24. The van der Waals surface area contributed by atoms with Gasteiger partial charge < -0.3 is 10.4 Å². The van der Waals surface area contributed by atoms with Crippen molar-refractivity contribution in [3.05, 3.63) is 18.1 Å². The van der Waals surface area contributed by atoms with Crippen LogP contribution in [0.15, 0.2) is 12.3 Å². The van der Waals surface area contributed by atoms with Gasteiger partial charge in [0.15, 0.2) is 0 Å². The van der Waals surface area contributed by atoms with Crippen molar-refractivity contribution in [2.24, 2.45) is 5.92 Å². The lowest BCUT2D eigenvalue weighted by Crippen LogP contribution is -2.22. The van der Waals surface area contributed by atoms with Gasteiger partial charge in [-0.05, 0) is 25.8 Å². The standard InChI is InChI=1S/C11H17N3O/c1-8-12-6-5-11(14-8)13-7-9-3-2-4-10(9)15/h5-6,9-10,15H,2-4,7H2,1H3,(H,12,13,14). The average molecular weight is 207 g/mol. The Balaban J connectivity index is 1.87. The Labute approximate surface area is 89.8 Å². The number of anilines is 1. The minimum absolute atomic E-state index is 0.138. The highest BCUT2D eigenvalue weighted by Crippen LogP contribution is 2.25. The molecule has 0 spiro atoms. The minimum atomic E-state index is -0.138. The van der Waals surface area contributed by atoms with Gasteiger partial charge in [0.05, 0.1) is 6.10 Å². The van der Waals surface area contributed by atoms with Gasteiger partial charge in [-0.15, -0.1) is 0 Å². The second-order valence-corrected chi connectivity index (χ2v) is 4.13. The zero-order valence-electron chi connectivity index (χ0n) is 8.98. The number of aryl methyl sites for hydroxylation is 1. The van der Waals surface area contributed by atoms with Crippen LogP contribution in [0, 0.1) is 12.8 Å². The van der Waals surface area contributed by atoms with Crippen LogP contribution in [0.1, 0.15) is 25.1 Å². The summed E-state index contributed by atoms with van der Waals surface area (Å²) in [5.41, 5.74) is 0. The third-order valence-electron chi connectivity index (χ3n) is 2.94. The Morgan fingerprint density at radius 2 is 2.40 bits per heavy atom. The van der Waals surface area contributed by atoms with E-state index >= 15 is 0 Å². The molecule has 1 aliphatic rings. The van der Waals surface area contributed by atoms with Gasteiger partial charge in [-0.1, -0.05) is 6.42 Å². The largest absolute Gasteiger partial charge is 0.393 e. The smallest absolute Gasteiger partial charge is 0.129 e. The molecule has 2 atom stereocenters. The van der Waals surface area contributed by atoms with Crippen LogP contribution in [0.5, 0.6) is 0 Å². The number of nitrogens with zero attached hydrogens (tertiary/aromatic N) is 2. The van der Waals surface area contributed by atoms with Gasteiger partial charge in [0.1, 0.15) is 11.6 Å². The fourth-order valence-corrected chi connectivity index (χ4v) is 2.05. The molecule has 0 aliphatic heterocycles. The summed E-state index contributed by atoms with van der Waals surface area (Å²) in [6, 6.07) is 1.86. The summed E-state index contributed by atoms with van der Waals surface area (Å²) >= 11 is 0. The van der Waals surface area contributed by atoms with Crippen LogP contribution in [0.2, 0.25) is 0 Å². The molecule has 0 radical (unpaired) electrons. The highest BCUT2D eigenvalue weighted by molar-refractivity contribution is 5.32. The summed E-state index contributed by atoms with van der Waals surface area (Å²) < 4.78 is 0. The van der Waals surface area contributed by atoms with Gasteiger partial charge in [0.2, 0.25) is 0 Å². The maximum absolute atomic E-state index is 9.65. The van der Waals surface area contributed by atoms with Crippen molar-refractivity contribution in [3.8, 4) is 0 Å². The molecule has 0 amide bonds. The summed E-state index contributed by atoms with van der Waals surface area (Å²) in [5.74, 6) is 1.99. The van der Waals surface area contributed by atoms with E-state index in [0.29, 0.717) is 5.92 Å². The third kappa shape index (κ3) is 2.65. The lowest BCUT2D eigenvalue weighted by Gasteiger charge is -2.15. The van der Waals surface area contributed by atoms with E-state index in [2.05, 4.69) is 15.3 Å². The molecule has 1 aliphatic carbocycles. The summed E-state index contributed by atoms with van der Waals surface area (Å²) in [4.78, 5) is 8.29. The number of hydrogen-bond donors (Lipinski definition) is 2. The first kappa shape index (κ1) is 10.4. The Kier molecular flexibility index (Phi) is 3.16. The normalized spacial score (nSPS) is 25.5. The van der Waals surface area contributed by atoms with Crippen LogP contribution in [0.3, 0.4) is 0 Å². The summed E-state index contributed by atoms with van der Waals surface area (Å²) in [6.45, 7) is 2.67. The second kappa shape index (κ2) is 4.57. The molecule has 4 heteroatoms. The van der Waals surface area contributed by atoms with E-state index in [9.17, 15) is 5.11 Å². The molecule has 82 valence electrons. The fourth-order valence-electron chi connectivity index (χ4n) is 2.05. The molecule has 4 nitrogen and oxygen atoms in total. The number of aromatic nitrogens is 2. The van der Waals surface area contributed by atoms with Gasteiger partial charge in [-0.2, -0.15) is 0 Å². The highest BCUT2D eigenvalue weighted by atomic mass is 16.3. The first-order valence-corrected chi connectivity index (χ1v) is 5.47. The topological polar surface area (TPSA) is 58.0 Å². The van der Waals surface area contributed by atoms with E-state index in [-0.39, 0.29) is 6.10 Å². The molecule has 15 heavy (non-hydrogen) atoms. The molecular weight excluding hydrogens is 190 g/mol. The Hall–Kier alpha value is -1.16. The first-order chi connectivity index (χ1) is 7.25. The molecule has 2 unspecified atom stereocenters. The monoisotopic (exact) mass is 207 g/mol. The number of aliphatic hydroxyl groups is 1. The molecule has 2 rings (SSSR count). The van der Waals surface area contributed by atoms with Crippen molar-refractivity contribution in [2.75, 3.05) is 11.9 Å². The summed E-state index contributed by atoms with van der Waals surface area (Å²) in [7, 11) is 0. The van der Waals surface area contributed by atoms with E-state index in [0.717, 1.165) is 37.4 Å². The van der Waals surface area contributed by atoms with E-state index in [1.807, 2.05) is 13.0 Å². The van der Waals surface area contributed by atoms with Crippen LogP contribution in [-0.2, 0) is 0 Å². The molecule has 0 aromatic carbocycles. The lowest BCUT2D eigenvalue weighted by molar-refractivity contribution is 0.138. The first-order valence-electron chi connectivity index (χ1n) is 5.47. The predicted molar refractivity (Wildman–Crippen MR) is 58.6 cm³/mol. The van der Waals surface area contributed by atoms with Gasteiger partial charge in [-0.3, -0.25) is 0 Å². The van der Waals surface area contributed by atoms with Gasteiger partial charge in [-0.25, -0.2) is 9.97 Å². The van der Waals surface area contributed by atoms with E-state index < -0.39 is 0 Å². The van der Waals surface area contributed by atoms with Crippen molar-refractivity contribution in [1.82, 2.24) is 9.97 Å². The third-order valence-corrected chi connectivity index (χ3v) is 2.94. The van der Waals surface area contributed by atoms with E-state index in [4.69, 9.17) is 0 Å². The number of nitrogens with one attached hydrogen (secondary N) is 1. The molecular formula is C11H17N3O. The van der Waals surface area contributed by atoms with Crippen LogP contribution < -0.4 is 5.32 Å². The van der Waals surface area contributed by atoms with E-state index in [1.165, 1.54) is 0 Å². The van der Waals surface area contributed by atoms with Gasteiger partial charge in [0.25, 0.3) is 0 Å². The van der Waals surface area contributed by atoms with Crippen LogP contribution in [0.4, 0.5) is 5.82 Å². The van der Waals surface area contributed by atoms with Crippen molar-refractivity contribution in [1.29, 1.82) is 0 Å². The molecule has 1 saturated carbocycles. The van der Waals surface area contributed by atoms with Crippen LogP contribution >= 0.6 is 0 Å². The average Bonchev–Trinajstić information content (AvgIpc) is 2.61. The van der Waals surface area contributed by atoms with Crippen LogP contribution in [0.25, 0.3) is 0 Å². The number of hydrogen-bond acceptors (Lipinski definition) is 4. The van der Waals surface area contributed by atoms with E-state index in [1.54, 1.807) is 6.20 Å². The van der Waals surface area contributed by atoms with Gasteiger partial charge in [0, 0.05) is 18.7 Å². The van der Waals surface area contributed by atoms with Crippen molar-refractivity contribution < 1.29 is 5.11 Å². The molecule has 0 bridgehead atoms. The minimum Gasteiger partial charge on any atom is -0.393 e. The quantitative estimate of drug-likeness (QED) is 0.785. The zero-order chi connectivity index (χ0) is 10.7. The Morgan fingerprint density at radius 1 is 1.53 bits per heavy atom. The Morgan fingerprint density at radius 3 is 3.07 bits per heavy atom. The van der Waals surface area contributed by atoms with Crippen molar-refractivity contribution in [3.63, 3.8) is 0 Å². The van der Waals surface area contributed by atoms with Gasteiger partial charge >= 0.3 is 0 Å². The Bertz CT molecular complexity index is 329. The maximum Gasteiger partial charge on any atom is 0.129 e. The van der Waals surface area contributed by atoms with Crippen LogP contribution in [-0.4, -0.2) is 27.7 Å². The van der Waals surface area contributed by atoms with Crippen molar-refractivity contribution >= 4 is 5.82 Å². The SMILES string of the molecule is Cc1nccc(NCC2CCCC2O)n1. The zero-order valence-corrected chi connectivity index (χ0v) is 8.98. The number of rotatable bonds is 3. The maximum atomic E-state index is 9.65. The summed E-state index contributed by atoms with van der Waals surface area (Å²) in [5, 5.41) is 12.9. The molecule has 1 aromatic heterocycles. The second-order valence-electron chi connectivity index (χ2n) is 4.13. The predicted octanol–water partition coefficient (Wildman–Crippen LogP) is 1.36. The molecule has 0 saturated heterocycles. The fraction of sp³-hybridized carbons (Fsp3) is 0.636. The van der Waals surface area contributed by atoms with Crippen molar-refractivity contribution in [2.45, 2.75) is 32.3 Å². The molecule has 1 aromatic rings. The molecule has 2 N–H and O–H groups in total. The lowest BCUT2D eigenvalue weighted by atomic mass is 10.1.